The van der Waals surface area contributed by atoms with E-state index < -0.39 is 0 Å². The van der Waals surface area contributed by atoms with Crippen LogP contribution in [0.3, 0.4) is 0 Å². The summed E-state index contributed by atoms with van der Waals surface area (Å²) in [4.78, 5) is 11.3. The number of hydrogen-bond acceptors (Lipinski definition) is 3. The third-order valence-electron chi connectivity index (χ3n) is 3.01. The molecule has 0 aromatic heterocycles. The van der Waals surface area contributed by atoms with Crippen molar-refractivity contribution in [3.05, 3.63) is 65.2 Å². The van der Waals surface area contributed by atoms with Gasteiger partial charge in [-0.1, -0.05) is 42.3 Å². The van der Waals surface area contributed by atoms with E-state index in [1.54, 1.807) is 12.1 Å². The molecule has 0 aliphatic rings. The molecule has 0 atom stereocenters. The fourth-order valence-corrected chi connectivity index (χ4v) is 1.90. The Morgan fingerprint density at radius 2 is 1.90 bits per heavy atom. The quantitative estimate of drug-likeness (QED) is 0.624. The molecule has 2 aromatic carbocycles. The number of methoxy groups -OCH3 is 1. The van der Waals surface area contributed by atoms with E-state index in [1.165, 1.54) is 7.11 Å². The molecule has 0 radical (unpaired) electrons. The minimum Gasteiger partial charge on any atom is -0.488 e. The molecule has 0 aliphatic heterocycles. The molecule has 106 valence electrons. The van der Waals surface area contributed by atoms with Gasteiger partial charge in [0.2, 0.25) is 0 Å². The Kier molecular flexibility index (Phi) is 5.00. The highest BCUT2D eigenvalue weighted by atomic mass is 16.5. The Morgan fingerprint density at radius 3 is 2.57 bits per heavy atom. The van der Waals surface area contributed by atoms with Crippen LogP contribution in [0.25, 0.3) is 0 Å². The average Bonchev–Trinajstić information content (AvgIpc) is 2.54. The lowest BCUT2D eigenvalue weighted by Gasteiger charge is -2.10. The van der Waals surface area contributed by atoms with Gasteiger partial charge in [-0.25, -0.2) is 0 Å². The maximum absolute atomic E-state index is 11.3. The zero-order valence-electron chi connectivity index (χ0n) is 11.8. The summed E-state index contributed by atoms with van der Waals surface area (Å²) in [6, 6.07) is 15.2. The Bertz CT molecular complexity index is 654. The van der Waals surface area contributed by atoms with Gasteiger partial charge in [0.25, 0.3) is 0 Å². The van der Waals surface area contributed by atoms with Crippen molar-refractivity contribution >= 4 is 5.97 Å². The van der Waals surface area contributed by atoms with Crippen LogP contribution in [0.4, 0.5) is 0 Å². The van der Waals surface area contributed by atoms with Crippen molar-refractivity contribution in [2.75, 3.05) is 7.11 Å². The molecular formula is C18H16O3. The molecule has 0 saturated carbocycles. The Hall–Kier alpha value is -2.73. The van der Waals surface area contributed by atoms with Crippen LogP contribution in [0.15, 0.2) is 48.5 Å². The van der Waals surface area contributed by atoms with E-state index in [2.05, 4.69) is 10.7 Å². The van der Waals surface area contributed by atoms with E-state index in [9.17, 15) is 4.79 Å². The number of ether oxygens (including phenoxy) is 2. The molecule has 0 unspecified atom stereocenters. The molecule has 2 rings (SSSR count). The lowest BCUT2D eigenvalue weighted by Crippen LogP contribution is -2.05. The van der Waals surface area contributed by atoms with E-state index >= 15 is 0 Å². The van der Waals surface area contributed by atoms with Crippen LogP contribution >= 0.6 is 0 Å². The van der Waals surface area contributed by atoms with Gasteiger partial charge in [-0.05, 0) is 23.3 Å². The molecular weight excluding hydrogens is 264 g/mol. The van der Waals surface area contributed by atoms with Crippen LogP contribution in [-0.2, 0) is 22.6 Å². The van der Waals surface area contributed by atoms with Gasteiger partial charge >= 0.3 is 5.97 Å². The lowest BCUT2D eigenvalue weighted by atomic mass is 10.1. The number of esters is 1. The molecule has 0 bridgehead atoms. The number of terminal acetylenes is 1. The number of hydrogen-bond donors (Lipinski definition) is 0. The number of benzene rings is 2. The maximum Gasteiger partial charge on any atom is 0.309 e. The summed E-state index contributed by atoms with van der Waals surface area (Å²) >= 11 is 0. The van der Waals surface area contributed by atoms with E-state index in [4.69, 9.17) is 11.2 Å². The SMILES string of the molecule is C#Cc1cc(CC(=O)OC)ccc1OCc1ccccc1. The molecule has 0 aliphatic carbocycles. The van der Waals surface area contributed by atoms with E-state index in [1.807, 2.05) is 36.4 Å². The first kappa shape index (κ1) is 14.7. The molecule has 3 heteroatoms. The summed E-state index contributed by atoms with van der Waals surface area (Å²) < 4.78 is 10.4. The van der Waals surface area contributed by atoms with E-state index in [0.29, 0.717) is 17.9 Å². The third-order valence-corrected chi connectivity index (χ3v) is 3.01. The zero-order chi connectivity index (χ0) is 15.1. The second kappa shape index (κ2) is 7.16. The Morgan fingerprint density at radius 1 is 1.14 bits per heavy atom. The summed E-state index contributed by atoms with van der Waals surface area (Å²) in [5.74, 6) is 2.93. The van der Waals surface area contributed by atoms with Gasteiger partial charge in [0.15, 0.2) is 0 Å². The molecule has 3 nitrogen and oxygen atoms in total. The summed E-state index contributed by atoms with van der Waals surface area (Å²) in [7, 11) is 1.36. The standard InChI is InChI=1S/C18H16O3/c1-3-16-11-15(12-18(19)20-2)9-10-17(16)21-13-14-7-5-4-6-8-14/h1,4-11H,12-13H2,2H3. The summed E-state index contributed by atoms with van der Waals surface area (Å²) in [6.45, 7) is 0.450. The molecule has 2 aromatic rings. The van der Waals surface area contributed by atoms with Crippen LogP contribution in [-0.4, -0.2) is 13.1 Å². The van der Waals surface area contributed by atoms with Gasteiger partial charge in [-0.15, -0.1) is 6.42 Å². The van der Waals surface area contributed by atoms with Gasteiger partial charge in [0.1, 0.15) is 12.4 Å². The normalized spacial score (nSPS) is 9.71. The van der Waals surface area contributed by atoms with Gasteiger partial charge in [-0.3, -0.25) is 4.79 Å². The van der Waals surface area contributed by atoms with Gasteiger partial charge in [0.05, 0.1) is 19.1 Å². The first-order chi connectivity index (χ1) is 10.2. The van der Waals surface area contributed by atoms with Crippen LogP contribution in [0.2, 0.25) is 0 Å². The summed E-state index contributed by atoms with van der Waals surface area (Å²) in [5, 5.41) is 0. The largest absolute Gasteiger partial charge is 0.488 e. The smallest absolute Gasteiger partial charge is 0.309 e. The van der Waals surface area contributed by atoms with Crippen molar-refractivity contribution in [1.82, 2.24) is 0 Å². The van der Waals surface area contributed by atoms with Crippen molar-refractivity contribution in [2.24, 2.45) is 0 Å². The van der Waals surface area contributed by atoms with Crippen molar-refractivity contribution in [3.63, 3.8) is 0 Å². The summed E-state index contributed by atoms with van der Waals surface area (Å²) in [5.41, 5.74) is 2.51. The third kappa shape index (κ3) is 4.12. The van der Waals surface area contributed by atoms with Crippen molar-refractivity contribution in [3.8, 4) is 18.1 Å². The van der Waals surface area contributed by atoms with Crippen LogP contribution in [0.1, 0.15) is 16.7 Å². The van der Waals surface area contributed by atoms with Crippen molar-refractivity contribution < 1.29 is 14.3 Å². The van der Waals surface area contributed by atoms with E-state index in [-0.39, 0.29) is 12.4 Å². The fourth-order valence-electron chi connectivity index (χ4n) is 1.90. The highest BCUT2D eigenvalue weighted by Crippen LogP contribution is 2.21. The Labute approximate surface area is 124 Å². The second-order valence-electron chi connectivity index (χ2n) is 4.50. The fraction of sp³-hybridized carbons (Fsp3) is 0.167. The predicted octanol–water partition coefficient (Wildman–Crippen LogP) is 2.96. The van der Waals surface area contributed by atoms with Crippen LogP contribution in [0.5, 0.6) is 5.75 Å². The first-order valence-electron chi connectivity index (χ1n) is 6.56. The minimum absolute atomic E-state index is 0.199. The van der Waals surface area contributed by atoms with Crippen LogP contribution in [0, 0.1) is 12.3 Å². The first-order valence-corrected chi connectivity index (χ1v) is 6.56. The molecule has 0 heterocycles. The predicted molar refractivity (Wildman–Crippen MR) is 80.9 cm³/mol. The van der Waals surface area contributed by atoms with Gasteiger partial charge < -0.3 is 9.47 Å². The zero-order valence-corrected chi connectivity index (χ0v) is 11.8. The maximum atomic E-state index is 11.3. The molecule has 0 amide bonds. The van der Waals surface area contributed by atoms with E-state index in [0.717, 1.165) is 11.1 Å². The van der Waals surface area contributed by atoms with Crippen LogP contribution < -0.4 is 4.74 Å². The molecule has 0 fully saturated rings. The van der Waals surface area contributed by atoms with Gasteiger partial charge in [0, 0.05) is 0 Å². The second-order valence-corrected chi connectivity index (χ2v) is 4.50. The highest BCUT2D eigenvalue weighted by Gasteiger charge is 2.07. The number of carbonyl (C=O) groups is 1. The molecule has 0 N–H and O–H groups in total. The molecule has 21 heavy (non-hydrogen) atoms. The van der Waals surface area contributed by atoms with Gasteiger partial charge in [-0.2, -0.15) is 0 Å². The average molecular weight is 280 g/mol. The lowest BCUT2D eigenvalue weighted by molar-refractivity contribution is -0.139. The highest BCUT2D eigenvalue weighted by molar-refractivity contribution is 5.72. The van der Waals surface area contributed by atoms with Crippen molar-refractivity contribution in [1.29, 1.82) is 0 Å². The Balaban J connectivity index is 2.10. The van der Waals surface area contributed by atoms with Crippen molar-refractivity contribution in [2.45, 2.75) is 13.0 Å². The summed E-state index contributed by atoms with van der Waals surface area (Å²) in [6.07, 6.45) is 5.70. The monoisotopic (exact) mass is 280 g/mol. The number of rotatable bonds is 5. The molecule has 0 spiro atoms. The molecule has 0 saturated heterocycles. The topological polar surface area (TPSA) is 35.5 Å². The minimum atomic E-state index is -0.295. The number of carbonyl (C=O) groups excluding carboxylic acids is 1.